The molecule has 1 atom stereocenters. The molecule has 2 aromatic carbocycles. The second-order valence-corrected chi connectivity index (χ2v) is 6.51. The highest BCUT2D eigenvalue weighted by Gasteiger charge is 2.24. The molecule has 0 aliphatic carbocycles. The van der Waals surface area contributed by atoms with Crippen molar-refractivity contribution in [3.8, 4) is 5.69 Å². The van der Waals surface area contributed by atoms with Crippen molar-refractivity contribution in [1.82, 2.24) is 29.6 Å². The van der Waals surface area contributed by atoms with E-state index >= 15 is 0 Å². The summed E-state index contributed by atoms with van der Waals surface area (Å²) in [7, 11) is 1.84. The second kappa shape index (κ2) is 7.95. The predicted molar refractivity (Wildman–Crippen MR) is 107 cm³/mol. The van der Waals surface area contributed by atoms with Crippen LogP contribution in [0.4, 0.5) is 5.69 Å². The first-order valence-corrected chi connectivity index (χ1v) is 9.01. The molecule has 10 nitrogen and oxygen atoms in total. The standard InChI is InChI=1S/C20H17N7O3/c1-25-10-9-22-19(25)18(14-5-3-2-4-6-14)24-20(28)15-7-8-16(17(11-15)27(29)30)26-13-21-12-23-26/h2-13,18H,1H3,(H,24,28)/t18-/m1/s1. The predicted octanol–water partition coefficient (Wildman–Crippen LogP) is 2.43. The highest BCUT2D eigenvalue weighted by Crippen LogP contribution is 2.25. The van der Waals surface area contributed by atoms with Crippen LogP contribution in [0.5, 0.6) is 0 Å². The van der Waals surface area contributed by atoms with Gasteiger partial charge in [0.05, 0.1) is 4.92 Å². The first-order chi connectivity index (χ1) is 14.5. The van der Waals surface area contributed by atoms with Crippen LogP contribution in [-0.2, 0) is 7.05 Å². The molecule has 10 heteroatoms. The molecule has 4 rings (SSSR count). The van der Waals surface area contributed by atoms with Crippen LogP contribution in [0.25, 0.3) is 5.69 Å². The molecular formula is C20H17N7O3. The summed E-state index contributed by atoms with van der Waals surface area (Å²) in [5.41, 5.74) is 0.966. The van der Waals surface area contributed by atoms with Gasteiger partial charge in [-0.05, 0) is 17.7 Å². The first kappa shape index (κ1) is 19.0. The van der Waals surface area contributed by atoms with E-state index in [2.05, 4.69) is 20.4 Å². The molecule has 0 aliphatic heterocycles. The number of nitro groups is 1. The molecule has 0 saturated heterocycles. The van der Waals surface area contributed by atoms with Gasteiger partial charge < -0.3 is 9.88 Å². The Labute approximate surface area is 171 Å². The Hall–Kier alpha value is -4.34. The summed E-state index contributed by atoms with van der Waals surface area (Å²) in [4.78, 5) is 32.2. The van der Waals surface area contributed by atoms with E-state index in [-0.39, 0.29) is 16.9 Å². The fourth-order valence-corrected chi connectivity index (χ4v) is 3.15. The summed E-state index contributed by atoms with van der Waals surface area (Å²) in [6.45, 7) is 0. The fraction of sp³-hybridized carbons (Fsp3) is 0.100. The minimum absolute atomic E-state index is 0.153. The number of nitrogens with one attached hydrogen (secondary N) is 1. The van der Waals surface area contributed by atoms with Crippen LogP contribution in [0, 0.1) is 10.1 Å². The molecule has 0 unspecified atom stereocenters. The zero-order valence-electron chi connectivity index (χ0n) is 15.9. The van der Waals surface area contributed by atoms with Crippen molar-refractivity contribution in [3.63, 3.8) is 0 Å². The molecule has 1 amide bonds. The minimum atomic E-state index is -0.554. The van der Waals surface area contributed by atoms with Crippen LogP contribution in [0.2, 0.25) is 0 Å². The molecule has 0 radical (unpaired) electrons. The average molecular weight is 403 g/mol. The van der Waals surface area contributed by atoms with Crippen LogP contribution >= 0.6 is 0 Å². The van der Waals surface area contributed by atoms with Crippen molar-refractivity contribution in [2.24, 2.45) is 7.05 Å². The van der Waals surface area contributed by atoms with E-state index in [1.54, 1.807) is 12.4 Å². The average Bonchev–Trinajstić information content (AvgIpc) is 3.44. The number of aromatic nitrogens is 5. The van der Waals surface area contributed by atoms with Gasteiger partial charge in [0.1, 0.15) is 30.2 Å². The van der Waals surface area contributed by atoms with Gasteiger partial charge in [0.15, 0.2) is 0 Å². The molecular weight excluding hydrogens is 386 g/mol. The molecule has 30 heavy (non-hydrogen) atoms. The first-order valence-electron chi connectivity index (χ1n) is 9.01. The van der Waals surface area contributed by atoms with Crippen LogP contribution < -0.4 is 5.32 Å². The number of carbonyl (C=O) groups excluding carboxylic acids is 1. The molecule has 2 heterocycles. The smallest absolute Gasteiger partial charge is 0.295 e. The topological polar surface area (TPSA) is 121 Å². The third-order valence-corrected chi connectivity index (χ3v) is 4.62. The van der Waals surface area contributed by atoms with Gasteiger partial charge in [-0.25, -0.2) is 14.6 Å². The highest BCUT2D eigenvalue weighted by molar-refractivity contribution is 5.95. The Morgan fingerprint density at radius 3 is 2.63 bits per heavy atom. The lowest BCUT2D eigenvalue weighted by Crippen LogP contribution is -2.31. The summed E-state index contributed by atoms with van der Waals surface area (Å²) in [5.74, 6) is 0.184. The van der Waals surface area contributed by atoms with E-state index in [9.17, 15) is 14.9 Å². The van der Waals surface area contributed by atoms with Crippen molar-refractivity contribution in [3.05, 3.63) is 101 Å². The van der Waals surface area contributed by atoms with Gasteiger partial charge in [0.25, 0.3) is 11.6 Å². The zero-order valence-corrected chi connectivity index (χ0v) is 15.9. The number of amides is 1. The lowest BCUT2D eigenvalue weighted by Gasteiger charge is -2.19. The van der Waals surface area contributed by atoms with Gasteiger partial charge in [-0.1, -0.05) is 30.3 Å². The number of hydrogen-bond donors (Lipinski definition) is 1. The van der Waals surface area contributed by atoms with Crippen molar-refractivity contribution in [2.75, 3.05) is 0 Å². The van der Waals surface area contributed by atoms with Crippen LogP contribution in [0.3, 0.4) is 0 Å². The molecule has 4 aromatic rings. The maximum atomic E-state index is 13.0. The summed E-state index contributed by atoms with van der Waals surface area (Å²) in [6, 6.07) is 13.1. The lowest BCUT2D eigenvalue weighted by atomic mass is 10.0. The Kier molecular flexibility index (Phi) is 5.04. The maximum absolute atomic E-state index is 13.0. The molecule has 150 valence electrons. The highest BCUT2D eigenvalue weighted by atomic mass is 16.6. The van der Waals surface area contributed by atoms with E-state index in [4.69, 9.17) is 0 Å². The number of nitrogens with zero attached hydrogens (tertiary/aromatic N) is 6. The van der Waals surface area contributed by atoms with Crippen LogP contribution in [0.1, 0.15) is 27.8 Å². The number of benzene rings is 2. The summed E-state index contributed by atoms with van der Waals surface area (Å²) < 4.78 is 3.09. The molecule has 2 aromatic heterocycles. The van der Waals surface area contributed by atoms with E-state index in [1.807, 2.05) is 41.9 Å². The van der Waals surface area contributed by atoms with Gasteiger partial charge in [-0.2, -0.15) is 5.10 Å². The number of hydrogen-bond acceptors (Lipinski definition) is 6. The van der Waals surface area contributed by atoms with Crippen LogP contribution in [0.15, 0.2) is 73.6 Å². The fourth-order valence-electron chi connectivity index (χ4n) is 3.15. The SMILES string of the molecule is Cn1ccnc1[C@H](NC(=O)c1ccc(-n2cncn2)c([N+](=O)[O-])c1)c1ccccc1. The van der Waals surface area contributed by atoms with Crippen LogP contribution in [-0.4, -0.2) is 35.1 Å². The normalized spacial score (nSPS) is 11.8. The minimum Gasteiger partial charge on any atom is -0.338 e. The number of nitro benzene ring substituents is 1. The Balaban J connectivity index is 1.69. The van der Waals surface area contributed by atoms with Gasteiger partial charge >= 0.3 is 0 Å². The maximum Gasteiger partial charge on any atom is 0.295 e. The van der Waals surface area contributed by atoms with Gasteiger partial charge in [-0.15, -0.1) is 0 Å². The largest absolute Gasteiger partial charge is 0.338 e. The lowest BCUT2D eigenvalue weighted by molar-refractivity contribution is -0.384. The molecule has 0 fully saturated rings. The van der Waals surface area contributed by atoms with Crippen molar-refractivity contribution < 1.29 is 9.72 Å². The molecule has 1 N–H and O–H groups in total. The summed E-state index contributed by atoms with van der Waals surface area (Å²) >= 11 is 0. The Morgan fingerprint density at radius 1 is 1.20 bits per heavy atom. The summed E-state index contributed by atoms with van der Waals surface area (Å²) in [5, 5.41) is 18.4. The monoisotopic (exact) mass is 403 g/mol. The van der Waals surface area contributed by atoms with Gasteiger partial charge in [0, 0.05) is 31.1 Å². The third-order valence-electron chi connectivity index (χ3n) is 4.62. The number of rotatable bonds is 6. The molecule has 0 bridgehead atoms. The van der Waals surface area contributed by atoms with Gasteiger partial charge in [0.2, 0.25) is 0 Å². The quantitative estimate of drug-likeness (QED) is 0.390. The van der Waals surface area contributed by atoms with Crippen molar-refractivity contribution >= 4 is 11.6 Å². The number of imidazole rings is 1. The van der Waals surface area contributed by atoms with E-state index in [0.717, 1.165) is 5.56 Å². The Bertz CT molecular complexity index is 1190. The van der Waals surface area contributed by atoms with Crippen molar-refractivity contribution in [2.45, 2.75) is 6.04 Å². The second-order valence-electron chi connectivity index (χ2n) is 6.51. The molecule has 0 saturated carbocycles. The number of carbonyl (C=O) groups is 1. The molecule has 0 spiro atoms. The van der Waals surface area contributed by atoms with E-state index in [0.29, 0.717) is 5.82 Å². The number of aryl methyl sites for hydroxylation is 1. The van der Waals surface area contributed by atoms with E-state index in [1.165, 1.54) is 35.5 Å². The van der Waals surface area contributed by atoms with Crippen molar-refractivity contribution in [1.29, 1.82) is 0 Å². The van der Waals surface area contributed by atoms with Gasteiger partial charge in [-0.3, -0.25) is 14.9 Å². The Morgan fingerprint density at radius 2 is 2.00 bits per heavy atom. The third kappa shape index (κ3) is 3.65. The zero-order chi connectivity index (χ0) is 21.1. The summed E-state index contributed by atoms with van der Waals surface area (Å²) in [6.07, 6.45) is 6.07. The van der Waals surface area contributed by atoms with E-state index < -0.39 is 16.9 Å². The molecule has 0 aliphatic rings.